The summed E-state index contributed by atoms with van der Waals surface area (Å²) in [7, 11) is 1.68. The average Bonchev–Trinajstić information content (AvgIpc) is 2.51. The van der Waals surface area contributed by atoms with Gasteiger partial charge in [-0.05, 0) is 43.0 Å². The number of ether oxygens (including phenoxy) is 1. The van der Waals surface area contributed by atoms with Gasteiger partial charge in [0.1, 0.15) is 5.75 Å². The molecule has 128 valence electrons. The molecule has 0 radical (unpaired) electrons. The summed E-state index contributed by atoms with van der Waals surface area (Å²) in [4.78, 5) is 12.9. The van der Waals surface area contributed by atoms with Crippen LogP contribution in [0.5, 0.6) is 5.75 Å². The van der Waals surface area contributed by atoms with E-state index in [1.54, 1.807) is 7.11 Å². The van der Waals surface area contributed by atoms with E-state index in [-0.39, 0.29) is 6.54 Å². The van der Waals surface area contributed by atoms with Crippen LogP contribution in [0.3, 0.4) is 0 Å². The summed E-state index contributed by atoms with van der Waals surface area (Å²) in [5.41, 5.74) is 1.30. The van der Waals surface area contributed by atoms with Crippen LogP contribution < -0.4 is 10.1 Å². The standard InChI is InChI=1S/C18H28N2O3/c1-4-20(12-18(21)22)16-9-15(10-16)19-11-13(2)14-5-7-17(23-3)8-6-14/h5-8,13,15-16,19H,4,9-12H2,1-3H3,(H,21,22). The third kappa shape index (κ3) is 4.94. The maximum Gasteiger partial charge on any atom is 0.317 e. The molecule has 5 heteroatoms. The summed E-state index contributed by atoms with van der Waals surface area (Å²) in [5, 5.41) is 12.5. The Morgan fingerprint density at radius 3 is 2.57 bits per heavy atom. The molecule has 1 saturated carbocycles. The predicted octanol–water partition coefficient (Wildman–Crippen LogP) is 2.33. The van der Waals surface area contributed by atoms with Gasteiger partial charge in [-0.1, -0.05) is 26.0 Å². The third-order valence-electron chi connectivity index (χ3n) is 4.77. The fourth-order valence-electron chi connectivity index (χ4n) is 3.12. The van der Waals surface area contributed by atoms with Crippen molar-refractivity contribution in [2.75, 3.05) is 26.7 Å². The van der Waals surface area contributed by atoms with Crippen molar-refractivity contribution in [3.63, 3.8) is 0 Å². The van der Waals surface area contributed by atoms with Crippen molar-refractivity contribution < 1.29 is 14.6 Å². The highest BCUT2D eigenvalue weighted by Crippen LogP contribution is 2.26. The van der Waals surface area contributed by atoms with Gasteiger partial charge in [-0.25, -0.2) is 0 Å². The SMILES string of the molecule is CCN(CC(=O)O)C1CC(NCC(C)c2ccc(OC)cc2)C1. The summed E-state index contributed by atoms with van der Waals surface area (Å²) in [6.45, 7) is 6.13. The van der Waals surface area contributed by atoms with Gasteiger partial charge in [0, 0.05) is 18.6 Å². The van der Waals surface area contributed by atoms with Crippen LogP contribution in [-0.2, 0) is 4.79 Å². The van der Waals surface area contributed by atoms with Gasteiger partial charge in [0.2, 0.25) is 0 Å². The molecule has 1 unspecified atom stereocenters. The molecule has 0 aliphatic heterocycles. The van der Waals surface area contributed by atoms with Crippen molar-refractivity contribution in [1.82, 2.24) is 10.2 Å². The lowest BCUT2D eigenvalue weighted by Crippen LogP contribution is -2.54. The topological polar surface area (TPSA) is 61.8 Å². The summed E-state index contributed by atoms with van der Waals surface area (Å²) >= 11 is 0. The van der Waals surface area contributed by atoms with Crippen LogP contribution in [0.15, 0.2) is 24.3 Å². The van der Waals surface area contributed by atoms with Gasteiger partial charge in [0.05, 0.1) is 13.7 Å². The molecule has 0 spiro atoms. The van der Waals surface area contributed by atoms with E-state index in [9.17, 15) is 4.79 Å². The molecule has 1 aliphatic rings. The van der Waals surface area contributed by atoms with Crippen molar-refractivity contribution in [3.8, 4) is 5.75 Å². The zero-order valence-electron chi connectivity index (χ0n) is 14.3. The van der Waals surface area contributed by atoms with Crippen LogP contribution in [-0.4, -0.2) is 54.8 Å². The van der Waals surface area contributed by atoms with Gasteiger partial charge in [0.25, 0.3) is 0 Å². The number of rotatable bonds is 9. The monoisotopic (exact) mass is 320 g/mol. The number of carboxylic acid groups (broad SMARTS) is 1. The largest absolute Gasteiger partial charge is 0.497 e. The van der Waals surface area contributed by atoms with Crippen molar-refractivity contribution in [2.24, 2.45) is 0 Å². The number of benzene rings is 1. The second-order valence-corrected chi connectivity index (χ2v) is 6.36. The Bertz CT molecular complexity index is 497. The molecule has 0 heterocycles. The lowest BCUT2D eigenvalue weighted by atomic mass is 9.85. The molecule has 1 fully saturated rings. The van der Waals surface area contributed by atoms with E-state index in [0.717, 1.165) is 31.7 Å². The quantitative estimate of drug-likeness (QED) is 0.731. The number of hydrogen-bond donors (Lipinski definition) is 2. The zero-order valence-corrected chi connectivity index (χ0v) is 14.3. The molecule has 5 nitrogen and oxygen atoms in total. The predicted molar refractivity (Wildman–Crippen MR) is 91.1 cm³/mol. The minimum Gasteiger partial charge on any atom is -0.497 e. The Kier molecular flexibility index (Phi) is 6.42. The Morgan fingerprint density at radius 1 is 1.39 bits per heavy atom. The van der Waals surface area contributed by atoms with Crippen LogP contribution in [0.4, 0.5) is 0 Å². The average molecular weight is 320 g/mol. The fourth-order valence-corrected chi connectivity index (χ4v) is 3.12. The molecule has 0 aromatic heterocycles. The Labute approximate surface area is 138 Å². The number of aliphatic carboxylic acids is 1. The minimum absolute atomic E-state index is 0.149. The lowest BCUT2D eigenvalue weighted by molar-refractivity contribution is -0.139. The highest BCUT2D eigenvalue weighted by Gasteiger charge is 2.33. The fraction of sp³-hybridized carbons (Fsp3) is 0.611. The number of nitrogens with one attached hydrogen (secondary N) is 1. The number of likely N-dealkylation sites (N-methyl/N-ethyl adjacent to an activating group) is 1. The van der Waals surface area contributed by atoms with Gasteiger partial charge in [-0.3, -0.25) is 9.69 Å². The van der Waals surface area contributed by atoms with Crippen LogP contribution in [0.1, 0.15) is 38.2 Å². The maximum absolute atomic E-state index is 10.8. The molecule has 2 rings (SSSR count). The first-order valence-electron chi connectivity index (χ1n) is 8.36. The third-order valence-corrected chi connectivity index (χ3v) is 4.77. The van der Waals surface area contributed by atoms with E-state index >= 15 is 0 Å². The van der Waals surface area contributed by atoms with Crippen LogP contribution in [0.2, 0.25) is 0 Å². The van der Waals surface area contributed by atoms with Crippen LogP contribution in [0.25, 0.3) is 0 Å². The van der Waals surface area contributed by atoms with E-state index in [1.807, 2.05) is 24.0 Å². The normalized spacial score (nSPS) is 21.7. The second-order valence-electron chi connectivity index (χ2n) is 6.36. The summed E-state index contributed by atoms with van der Waals surface area (Å²) in [6, 6.07) is 9.13. The molecular weight excluding hydrogens is 292 g/mol. The number of methoxy groups -OCH3 is 1. The van der Waals surface area contributed by atoms with E-state index < -0.39 is 5.97 Å². The molecule has 2 N–H and O–H groups in total. The van der Waals surface area contributed by atoms with Crippen molar-refractivity contribution in [1.29, 1.82) is 0 Å². The minimum atomic E-state index is -0.739. The molecule has 1 aromatic rings. The van der Waals surface area contributed by atoms with E-state index in [0.29, 0.717) is 18.0 Å². The number of carbonyl (C=O) groups is 1. The van der Waals surface area contributed by atoms with Gasteiger partial charge in [-0.2, -0.15) is 0 Å². The van der Waals surface area contributed by atoms with E-state index in [4.69, 9.17) is 9.84 Å². The molecule has 0 amide bonds. The van der Waals surface area contributed by atoms with Crippen molar-refractivity contribution >= 4 is 5.97 Å². The summed E-state index contributed by atoms with van der Waals surface area (Å²) < 4.78 is 5.18. The Balaban J connectivity index is 1.72. The molecule has 0 bridgehead atoms. The maximum atomic E-state index is 10.8. The first kappa shape index (κ1) is 17.8. The molecule has 23 heavy (non-hydrogen) atoms. The molecule has 0 saturated heterocycles. The summed E-state index contributed by atoms with van der Waals surface area (Å²) in [6.07, 6.45) is 2.08. The Morgan fingerprint density at radius 2 is 2.04 bits per heavy atom. The number of carboxylic acids is 1. The molecule has 1 aromatic carbocycles. The second kappa shape index (κ2) is 8.31. The van der Waals surface area contributed by atoms with Gasteiger partial charge >= 0.3 is 5.97 Å². The lowest BCUT2D eigenvalue weighted by Gasteiger charge is -2.42. The van der Waals surface area contributed by atoms with Crippen molar-refractivity contribution in [2.45, 2.75) is 44.7 Å². The molecular formula is C18H28N2O3. The van der Waals surface area contributed by atoms with E-state index in [2.05, 4.69) is 24.4 Å². The first-order valence-corrected chi connectivity index (χ1v) is 8.36. The Hall–Kier alpha value is -1.59. The zero-order chi connectivity index (χ0) is 16.8. The van der Waals surface area contributed by atoms with Crippen LogP contribution in [0, 0.1) is 0 Å². The van der Waals surface area contributed by atoms with Crippen LogP contribution >= 0.6 is 0 Å². The van der Waals surface area contributed by atoms with Crippen molar-refractivity contribution in [3.05, 3.63) is 29.8 Å². The van der Waals surface area contributed by atoms with E-state index in [1.165, 1.54) is 5.56 Å². The number of hydrogen-bond acceptors (Lipinski definition) is 4. The smallest absolute Gasteiger partial charge is 0.317 e. The highest BCUT2D eigenvalue weighted by atomic mass is 16.5. The number of nitrogens with zero attached hydrogens (tertiary/aromatic N) is 1. The van der Waals surface area contributed by atoms with Gasteiger partial charge < -0.3 is 15.2 Å². The molecule has 1 aliphatic carbocycles. The van der Waals surface area contributed by atoms with Gasteiger partial charge in [0.15, 0.2) is 0 Å². The highest BCUT2D eigenvalue weighted by molar-refractivity contribution is 5.69. The summed E-state index contributed by atoms with van der Waals surface area (Å²) in [5.74, 6) is 0.589. The first-order chi connectivity index (χ1) is 11.0. The van der Waals surface area contributed by atoms with Gasteiger partial charge in [-0.15, -0.1) is 0 Å². The molecule has 1 atom stereocenters.